The summed E-state index contributed by atoms with van der Waals surface area (Å²) in [6.45, 7) is 0.920. The predicted octanol–water partition coefficient (Wildman–Crippen LogP) is 3.09. The second kappa shape index (κ2) is 6.42. The Morgan fingerprint density at radius 3 is 2.71 bits per heavy atom. The number of pyridine rings is 1. The van der Waals surface area contributed by atoms with Crippen LogP contribution in [0, 0.1) is 0 Å². The van der Waals surface area contributed by atoms with Gasteiger partial charge in [0.05, 0.1) is 0 Å². The Kier molecular flexibility index (Phi) is 4.59. The minimum Gasteiger partial charge on any atom is -0.316 e. The lowest BCUT2D eigenvalue weighted by Gasteiger charge is -2.05. The fourth-order valence-electron chi connectivity index (χ4n) is 1.60. The molecule has 3 heteroatoms. The molecule has 2 nitrogen and oxygen atoms in total. The Morgan fingerprint density at radius 2 is 1.94 bits per heavy atom. The van der Waals surface area contributed by atoms with Crippen LogP contribution in [0.4, 0.5) is 0 Å². The quantitative estimate of drug-likeness (QED) is 0.818. The molecule has 0 unspecified atom stereocenters. The molecule has 0 aliphatic rings. The van der Waals surface area contributed by atoms with E-state index in [0.717, 1.165) is 12.3 Å². The highest BCUT2D eigenvalue weighted by Crippen LogP contribution is 2.23. The first-order valence-electron chi connectivity index (χ1n) is 5.64. The summed E-state index contributed by atoms with van der Waals surface area (Å²) in [5.41, 5.74) is 2.64. The largest absolute Gasteiger partial charge is 0.316 e. The Labute approximate surface area is 106 Å². The molecule has 1 aromatic heterocycles. The third-order valence-corrected chi connectivity index (χ3v) is 3.50. The number of benzene rings is 1. The summed E-state index contributed by atoms with van der Waals surface area (Å²) in [5, 5.41) is 3.17. The SMILES string of the molecule is CNCc1cccc(SCc2ccncc2)c1. The Morgan fingerprint density at radius 1 is 1.12 bits per heavy atom. The van der Waals surface area contributed by atoms with Crippen LogP contribution in [0.25, 0.3) is 0 Å². The van der Waals surface area contributed by atoms with Crippen molar-refractivity contribution in [2.24, 2.45) is 0 Å². The maximum Gasteiger partial charge on any atom is 0.0270 e. The van der Waals surface area contributed by atoms with Crippen molar-refractivity contribution in [3.8, 4) is 0 Å². The van der Waals surface area contributed by atoms with Crippen LogP contribution in [-0.2, 0) is 12.3 Å². The van der Waals surface area contributed by atoms with Crippen LogP contribution in [0.3, 0.4) is 0 Å². The van der Waals surface area contributed by atoms with Crippen LogP contribution in [0.2, 0.25) is 0 Å². The van der Waals surface area contributed by atoms with Crippen molar-refractivity contribution in [1.82, 2.24) is 10.3 Å². The fraction of sp³-hybridized carbons (Fsp3) is 0.214. The van der Waals surface area contributed by atoms with Gasteiger partial charge in [-0.05, 0) is 42.4 Å². The summed E-state index contributed by atoms with van der Waals surface area (Å²) < 4.78 is 0. The van der Waals surface area contributed by atoms with Gasteiger partial charge in [-0.1, -0.05) is 12.1 Å². The zero-order valence-electron chi connectivity index (χ0n) is 9.89. The number of nitrogens with zero attached hydrogens (tertiary/aromatic N) is 1. The standard InChI is InChI=1S/C14H16N2S/c1-15-10-13-3-2-4-14(9-13)17-11-12-5-7-16-8-6-12/h2-9,15H,10-11H2,1H3. The van der Waals surface area contributed by atoms with E-state index in [0.29, 0.717) is 0 Å². The Bertz CT molecular complexity index is 457. The van der Waals surface area contributed by atoms with Crippen LogP contribution in [0.15, 0.2) is 53.7 Å². The maximum atomic E-state index is 4.02. The van der Waals surface area contributed by atoms with Gasteiger partial charge in [0.2, 0.25) is 0 Å². The Balaban J connectivity index is 1.97. The molecule has 1 aromatic carbocycles. The first-order valence-corrected chi connectivity index (χ1v) is 6.62. The number of thioether (sulfide) groups is 1. The van der Waals surface area contributed by atoms with Gasteiger partial charge < -0.3 is 5.32 Å². The monoisotopic (exact) mass is 244 g/mol. The topological polar surface area (TPSA) is 24.9 Å². The highest BCUT2D eigenvalue weighted by atomic mass is 32.2. The minimum atomic E-state index is 0.920. The Hall–Kier alpha value is -1.32. The van der Waals surface area contributed by atoms with Crippen molar-refractivity contribution in [1.29, 1.82) is 0 Å². The van der Waals surface area contributed by atoms with Gasteiger partial charge in [0, 0.05) is 29.6 Å². The van der Waals surface area contributed by atoms with E-state index in [1.807, 2.05) is 31.2 Å². The van der Waals surface area contributed by atoms with Crippen molar-refractivity contribution >= 4 is 11.8 Å². The zero-order valence-corrected chi connectivity index (χ0v) is 10.7. The van der Waals surface area contributed by atoms with E-state index in [2.05, 4.69) is 46.7 Å². The molecular formula is C14H16N2S. The first kappa shape index (κ1) is 12.1. The highest BCUT2D eigenvalue weighted by molar-refractivity contribution is 7.98. The lowest BCUT2D eigenvalue weighted by Crippen LogP contribution is -2.04. The average Bonchev–Trinajstić information content (AvgIpc) is 2.39. The molecule has 17 heavy (non-hydrogen) atoms. The van der Waals surface area contributed by atoms with Crippen LogP contribution in [-0.4, -0.2) is 12.0 Å². The molecule has 0 radical (unpaired) electrons. The second-order valence-corrected chi connectivity index (χ2v) is 4.87. The van der Waals surface area contributed by atoms with Crippen LogP contribution in [0.1, 0.15) is 11.1 Å². The molecule has 0 saturated heterocycles. The summed E-state index contributed by atoms with van der Waals surface area (Å²) in [6, 6.07) is 12.8. The smallest absolute Gasteiger partial charge is 0.0270 e. The van der Waals surface area contributed by atoms with Crippen LogP contribution in [0.5, 0.6) is 0 Å². The van der Waals surface area contributed by atoms with Gasteiger partial charge in [0.15, 0.2) is 0 Å². The molecule has 1 N–H and O–H groups in total. The molecule has 2 aromatic rings. The van der Waals surface area contributed by atoms with Crippen LogP contribution >= 0.6 is 11.8 Å². The van der Waals surface area contributed by atoms with Gasteiger partial charge in [-0.3, -0.25) is 4.98 Å². The summed E-state index contributed by atoms with van der Waals surface area (Å²) >= 11 is 1.86. The molecule has 88 valence electrons. The average molecular weight is 244 g/mol. The summed E-state index contributed by atoms with van der Waals surface area (Å²) in [7, 11) is 1.97. The van der Waals surface area contributed by atoms with Crippen molar-refractivity contribution in [2.45, 2.75) is 17.2 Å². The van der Waals surface area contributed by atoms with Gasteiger partial charge in [0.25, 0.3) is 0 Å². The number of rotatable bonds is 5. The van der Waals surface area contributed by atoms with Crippen molar-refractivity contribution in [3.05, 3.63) is 59.9 Å². The van der Waals surface area contributed by atoms with Gasteiger partial charge in [-0.15, -0.1) is 11.8 Å². The predicted molar refractivity (Wildman–Crippen MR) is 73.0 cm³/mol. The molecule has 2 rings (SSSR count). The maximum absolute atomic E-state index is 4.02. The van der Waals surface area contributed by atoms with E-state index in [-0.39, 0.29) is 0 Å². The normalized spacial score (nSPS) is 10.4. The van der Waals surface area contributed by atoms with Crippen LogP contribution < -0.4 is 5.32 Å². The molecule has 0 amide bonds. The van der Waals surface area contributed by atoms with E-state index in [4.69, 9.17) is 0 Å². The number of nitrogens with one attached hydrogen (secondary N) is 1. The van der Waals surface area contributed by atoms with Gasteiger partial charge >= 0.3 is 0 Å². The van der Waals surface area contributed by atoms with E-state index >= 15 is 0 Å². The zero-order chi connectivity index (χ0) is 11.9. The minimum absolute atomic E-state index is 0.920. The third kappa shape index (κ3) is 3.88. The molecular weight excluding hydrogens is 228 g/mol. The molecule has 0 fully saturated rings. The molecule has 0 aliphatic carbocycles. The molecule has 0 spiro atoms. The number of aromatic nitrogens is 1. The van der Waals surface area contributed by atoms with E-state index in [9.17, 15) is 0 Å². The van der Waals surface area contributed by atoms with Crippen molar-refractivity contribution < 1.29 is 0 Å². The second-order valence-electron chi connectivity index (χ2n) is 3.82. The molecule has 0 saturated carbocycles. The molecule has 0 aliphatic heterocycles. The fourth-order valence-corrected chi connectivity index (χ4v) is 2.53. The molecule has 1 heterocycles. The van der Waals surface area contributed by atoms with Gasteiger partial charge in [-0.25, -0.2) is 0 Å². The van der Waals surface area contributed by atoms with Gasteiger partial charge in [-0.2, -0.15) is 0 Å². The van der Waals surface area contributed by atoms with Gasteiger partial charge in [0.1, 0.15) is 0 Å². The summed E-state index contributed by atoms with van der Waals surface area (Å²) in [5.74, 6) is 0.992. The number of hydrogen-bond donors (Lipinski definition) is 1. The highest BCUT2D eigenvalue weighted by Gasteiger charge is 1.97. The molecule has 0 atom stereocenters. The number of hydrogen-bond acceptors (Lipinski definition) is 3. The van der Waals surface area contributed by atoms with E-state index in [1.54, 1.807) is 0 Å². The van der Waals surface area contributed by atoms with E-state index < -0.39 is 0 Å². The first-order chi connectivity index (χ1) is 8.38. The third-order valence-electron chi connectivity index (χ3n) is 2.43. The summed E-state index contributed by atoms with van der Waals surface area (Å²) in [6.07, 6.45) is 3.68. The molecule has 0 bridgehead atoms. The lowest BCUT2D eigenvalue weighted by molar-refractivity contribution is 0.815. The van der Waals surface area contributed by atoms with Crippen molar-refractivity contribution in [3.63, 3.8) is 0 Å². The lowest BCUT2D eigenvalue weighted by atomic mass is 10.2. The van der Waals surface area contributed by atoms with E-state index in [1.165, 1.54) is 16.0 Å². The summed E-state index contributed by atoms with van der Waals surface area (Å²) in [4.78, 5) is 5.34. The van der Waals surface area contributed by atoms with Crippen molar-refractivity contribution in [2.75, 3.05) is 7.05 Å².